The summed E-state index contributed by atoms with van der Waals surface area (Å²) in [5.41, 5.74) is 6.18. The maximum atomic E-state index is 11.4. The highest BCUT2D eigenvalue weighted by molar-refractivity contribution is 14.1. The third-order valence-electron chi connectivity index (χ3n) is 1.78. The monoisotopic (exact) mass is 346 g/mol. The first kappa shape index (κ1) is 11.4. The Morgan fingerprint density at radius 3 is 3.06 bits per heavy atom. The Bertz CT molecular complexity index is 571. The summed E-state index contributed by atoms with van der Waals surface area (Å²) in [6.45, 7) is 0. The van der Waals surface area contributed by atoms with Gasteiger partial charge in [-0.05, 0) is 28.7 Å². The van der Waals surface area contributed by atoms with Crippen LogP contribution in [0.15, 0.2) is 39.5 Å². The van der Waals surface area contributed by atoms with Crippen LogP contribution in [0.25, 0.3) is 0 Å². The number of rotatable bonds is 2. The van der Waals surface area contributed by atoms with Crippen molar-refractivity contribution in [3.8, 4) is 0 Å². The van der Waals surface area contributed by atoms with Gasteiger partial charge >= 0.3 is 0 Å². The van der Waals surface area contributed by atoms with E-state index in [9.17, 15) is 4.79 Å². The van der Waals surface area contributed by atoms with Gasteiger partial charge in [-0.1, -0.05) is 11.8 Å². The zero-order chi connectivity index (χ0) is 11.5. The van der Waals surface area contributed by atoms with Crippen molar-refractivity contribution in [1.82, 2.24) is 15.0 Å². The number of halogens is 1. The maximum absolute atomic E-state index is 11.4. The first-order valence-corrected chi connectivity index (χ1v) is 6.18. The Labute approximate surface area is 109 Å². The summed E-state index contributed by atoms with van der Waals surface area (Å²) >= 11 is 3.31. The normalized spacial score (nSPS) is 10.3. The average Bonchev–Trinajstić information content (AvgIpc) is 2.28. The van der Waals surface area contributed by atoms with Crippen LogP contribution in [0.2, 0.25) is 0 Å². The lowest BCUT2D eigenvalue weighted by molar-refractivity contribution is 0.987. The molecule has 16 heavy (non-hydrogen) atoms. The molecular formula is C9H7IN4OS. The zero-order valence-corrected chi connectivity index (χ0v) is 10.9. The van der Waals surface area contributed by atoms with Crippen LogP contribution in [0.5, 0.6) is 0 Å². The quantitative estimate of drug-likeness (QED) is 0.636. The molecule has 0 saturated heterocycles. The summed E-state index contributed by atoms with van der Waals surface area (Å²) in [6, 6.07) is 1.79. The van der Waals surface area contributed by atoms with Crippen LogP contribution in [0.4, 0.5) is 5.69 Å². The highest BCUT2D eigenvalue weighted by atomic mass is 127. The van der Waals surface area contributed by atoms with E-state index in [1.54, 1.807) is 18.5 Å². The number of nitrogen functional groups attached to an aromatic ring is 1. The first-order chi connectivity index (χ1) is 7.68. The van der Waals surface area contributed by atoms with Crippen molar-refractivity contribution >= 4 is 40.0 Å². The van der Waals surface area contributed by atoms with Gasteiger partial charge in [-0.25, -0.2) is 4.98 Å². The molecule has 2 rings (SSSR count). The van der Waals surface area contributed by atoms with Gasteiger partial charge in [0.2, 0.25) is 0 Å². The van der Waals surface area contributed by atoms with Crippen LogP contribution in [-0.2, 0) is 0 Å². The van der Waals surface area contributed by atoms with Crippen LogP contribution in [0, 0.1) is 3.57 Å². The van der Waals surface area contributed by atoms with Gasteiger partial charge in [0.1, 0.15) is 8.60 Å². The summed E-state index contributed by atoms with van der Waals surface area (Å²) in [5.74, 6) is 0. The molecule has 0 aliphatic carbocycles. The molecule has 5 nitrogen and oxygen atoms in total. The third kappa shape index (κ3) is 2.35. The smallest absolute Gasteiger partial charge is 0.265 e. The largest absolute Gasteiger partial charge is 0.397 e. The van der Waals surface area contributed by atoms with Gasteiger partial charge in [-0.2, -0.15) is 0 Å². The molecule has 0 saturated carbocycles. The first-order valence-electron chi connectivity index (χ1n) is 4.29. The topological polar surface area (TPSA) is 84.7 Å². The molecule has 0 unspecified atom stereocenters. The van der Waals surface area contributed by atoms with Crippen LogP contribution < -0.4 is 11.3 Å². The summed E-state index contributed by atoms with van der Waals surface area (Å²) in [5, 5.41) is 0.641. The molecule has 82 valence electrons. The number of hydrogen-bond donors (Lipinski definition) is 2. The standard InChI is InChI=1S/C9H7IN4OS/c10-7-8(15)13-4-14-9(7)16-6-1-2-12-3-5(6)11/h1-4H,11H2,(H,13,14,15). The van der Waals surface area contributed by atoms with Crippen LogP contribution in [-0.4, -0.2) is 15.0 Å². The Balaban J connectivity index is 2.38. The van der Waals surface area contributed by atoms with E-state index >= 15 is 0 Å². The van der Waals surface area contributed by atoms with Crippen LogP contribution in [0.1, 0.15) is 0 Å². The summed E-state index contributed by atoms with van der Waals surface area (Å²) in [7, 11) is 0. The Kier molecular flexibility index (Phi) is 3.44. The molecule has 0 radical (unpaired) electrons. The number of aromatic amines is 1. The molecule has 0 amide bonds. The molecule has 0 aliphatic rings. The molecule has 0 aromatic carbocycles. The number of nitrogens with one attached hydrogen (secondary N) is 1. The van der Waals surface area contributed by atoms with Gasteiger partial charge < -0.3 is 10.7 Å². The van der Waals surface area contributed by atoms with E-state index in [1.165, 1.54) is 18.1 Å². The molecule has 7 heteroatoms. The minimum Gasteiger partial charge on any atom is -0.397 e. The van der Waals surface area contributed by atoms with Crippen molar-refractivity contribution in [3.63, 3.8) is 0 Å². The van der Waals surface area contributed by atoms with E-state index in [-0.39, 0.29) is 5.56 Å². The van der Waals surface area contributed by atoms with E-state index in [0.717, 1.165) is 4.90 Å². The lowest BCUT2D eigenvalue weighted by Gasteiger charge is -2.04. The molecule has 2 heterocycles. The predicted octanol–water partition coefficient (Wildman–Crippen LogP) is 1.50. The minimum atomic E-state index is -0.147. The zero-order valence-electron chi connectivity index (χ0n) is 7.98. The SMILES string of the molecule is Nc1cnccc1Sc1nc[nH]c(=O)c1I. The van der Waals surface area contributed by atoms with Crippen molar-refractivity contribution in [2.45, 2.75) is 9.92 Å². The number of H-pyrrole nitrogens is 1. The fourth-order valence-corrected chi connectivity index (χ4v) is 2.45. The van der Waals surface area contributed by atoms with Gasteiger partial charge in [-0.3, -0.25) is 9.78 Å². The van der Waals surface area contributed by atoms with Gasteiger partial charge in [0.25, 0.3) is 5.56 Å². The molecule has 3 N–H and O–H groups in total. The molecule has 0 bridgehead atoms. The molecule has 0 fully saturated rings. The van der Waals surface area contributed by atoms with Gasteiger partial charge in [-0.15, -0.1) is 0 Å². The lowest BCUT2D eigenvalue weighted by atomic mass is 10.4. The number of aromatic nitrogens is 3. The highest BCUT2D eigenvalue weighted by Gasteiger charge is 2.08. The molecular weight excluding hydrogens is 339 g/mol. The maximum Gasteiger partial charge on any atom is 0.265 e. The third-order valence-corrected chi connectivity index (χ3v) is 4.24. The number of hydrogen-bond acceptors (Lipinski definition) is 5. The predicted molar refractivity (Wildman–Crippen MR) is 70.3 cm³/mol. The van der Waals surface area contributed by atoms with Crippen molar-refractivity contribution in [1.29, 1.82) is 0 Å². The van der Waals surface area contributed by atoms with Gasteiger partial charge in [0, 0.05) is 11.1 Å². The van der Waals surface area contributed by atoms with Gasteiger partial charge in [0.15, 0.2) is 0 Å². The van der Waals surface area contributed by atoms with Crippen molar-refractivity contribution in [2.24, 2.45) is 0 Å². The summed E-state index contributed by atoms with van der Waals surface area (Å²) in [6.07, 6.45) is 4.60. The summed E-state index contributed by atoms with van der Waals surface area (Å²) in [4.78, 5) is 22.7. The molecule has 2 aromatic rings. The second-order valence-corrected chi connectivity index (χ2v) is 4.98. The van der Waals surface area contributed by atoms with E-state index in [0.29, 0.717) is 14.3 Å². The molecule has 0 atom stereocenters. The number of nitrogens with two attached hydrogens (primary N) is 1. The second-order valence-electron chi connectivity index (χ2n) is 2.87. The highest BCUT2D eigenvalue weighted by Crippen LogP contribution is 2.31. The summed E-state index contributed by atoms with van der Waals surface area (Å²) < 4.78 is 0.557. The lowest BCUT2D eigenvalue weighted by Crippen LogP contribution is -2.11. The van der Waals surface area contributed by atoms with Crippen LogP contribution >= 0.6 is 34.4 Å². The second kappa shape index (κ2) is 4.83. The average molecular weight is 346 g/mol. The Hall–Kier alpha value is -1.09. The van der Waals surface area contributed by atoms with E-state index in [4.69, 9.17) is 5.73 Å². The van der Waals surface area contributed by atoms with E-state index in [1.807, 2.05) is 22.6 Å². The van der Waals surface area contributed by atoms with Gasteiger partial charge in [0.05, 0.1) is 18.2 Å². The molecule has 2 aromatic heterocycles. The van der Waals surface area contributed by atoms with Crippen LogP contribution in [0.3, 0.4) is 0 Å². The Morgan fingerprint density at radius 2 is 2.31 bits per heavy atom. The fraction of sp³-hybridized carbons (Fsp3) is 0. The van der Waals surface area contributed by atoms with E-state index in [2.05, 4.69) is 15.0 Å². The fourth-order valence-electron chi connectivity index (χ4n) is 1.03. The van der Waals surface area contributed by atoms with Crippen molar-refractivity contribution < 1.29 is 0 Å². The van der Waals surface area contributed by atoms with E-state index < -0.39 is 0 Å². The van der Waals surface area contributed by atoms with Crippen molar-refractivity contribution in [3.05, 3.63) is 38.7 Å². The molecule has 0 aliphatic heterocycles. The minimum absolute atomic E-state index is 0.147. The van der Waals surface area contributed by atoms with Crippen molar-refractivity contribution in [2.75, 3.05) is 5.73 Å². The molecule has 0 spiro atoms. The number of pyridine rings is 1. The Morgan fingerprint density at radius 1 is 1.50 bits per heavy atom. The number of nitrogens with zero attached hydrogens (tertiary/aromatic N) is 2. The number of anilines is 1.